The fraction of sp³-hybridized carbons (Fsp3) is 0.917. The fourth-order valence-corrected chi connectivity index (χ4v) is 2.64. The van der Waals surface area contributed by atoms with Crippen molar-refractivity contribution in [2.45, 2.75) is 18.2 Å². The summed E-state index contributed by atoms with van der Waals surface area (Å²) in [6.45, 7) is 6.04. The zero-order valence-electron chi connectivity index (χ0n) is 11.6. The second kappa shape index (κ2) is 7.99. The van der Waals surface area contributed by atoms with Gasteiger partial charge in [0.1, 0.15) is 0 Å². The number of rotatable bonds is 6. The van der Waals surface area contributed by atoms with Crippen molar-refractivity contribution in [1.82, 2.24) is 15.1 Å². The van der Waals surface area contributed by atoms with E-state index in [0.29, 0.717) is 6.54 Å². The van der Waals surface area contributed by atoms with Gasteiger partial charge in [0.15, 0.2) is 0 Å². The van der Waals surface area contributed by atoms with Crippen LogP contribution in [0.15, 0.2) is 0 Å². The summed E-state index contributed by atoms with van der Waals surface area (Å²) < 4.78 is 0. The largest absolute Gasteiger partial charge is 0.395 e. The first-order valence-corrected chi connectivity index (χ1v) is 7.70. The quantitative estimate of drug-likeness (QED) is 0.682. The van der Waals surface area contributed by atoms with Gasteiger partial charge in [-0.25, -0.2) is 0 Å². The SMILES string of the molecule is CSC(CO)C(C)NCC(=O)N1CCN(C)CC1. The first-order valence-electron chi connectivity index (χ1n) is 6.41. The smallest absolute Gasteiger partial charge is 0.236 e. The van der Waals surface area contributed by atoms with Crippen LogP contribution in [-0.4, -0.2) is 84.7 Å². The van der Waals surface area contributed by atoms with E-state index in [-0.39, 0.29) is 23.8 Å². The maximum Gasteiger partial charge on any atom is 0.236 e. The third kappa shape index (κ3) is 4.76. The number of nitrogens with one attached hydrogen (secondary N) is 1. The number of aliphatic hydroxyl groups excluding tert-OH is 1. The summed E-state index contributed by atoms with van der Waals surface area (Å²) in [6, 6.07) is 0.140. The van der Waals surface area contributed by atoms with Crippen molar-refractivity contribution in [3.63, 3.8) is 0 Å². The number of piperazine rings is 1. The molecule has 1 saturated heterocycles. The van der Waals surface area contributed by atoms with Crippen LogP contribution in [0.5, 0.6) is 0 Å². The van der Waals surface area contributed by atoms with Crippen LogP contribution in [0.4, 0.5) is 0 Å². The predicted octanol–water partition coefficient (Wildman–Crippen LogP) is -0.538. The molecule has 0 bridgehead atoms. The normalized spacial score (nSPS) is 20.8. The monoisotopic (exact) mass is 275 g/mol. The van der Waals surface area contributed by atoms with Crippen LogP contribution in [-0.2, 0) is 4.79 Å². The second-order valence-electron chi connectivity index (χ2n) is 4.81. The number of nitrogens with zero attached hydrogens (tertiary/aromatic N) is 2. The molecule has 0 saturated carbocycles. The summed E-state index contributed by atoms with van der Waals surface area (Å²) in [5.74, 6) is 0.160. The van der Waals surface area contributed by atoms with Crippen LogP contribution >= 0.6 is 11.8 Å². The molecule has 1 aliphatic rings. The molecule has 0 spiro atoms. The lowest BCUT2D eigenvalue weighted by atomic mass is 10.2. The lowest BCUT2D eigenvalue weighted by Gasteiger charge is -2.33. The van der Waals surface area contributed by atoms with E-state index in [4.69, 9.17) is 0 Å². The van der Waals surface area contributed by atoms with Gasteiger partial charge in [-0.1, -0.05) is 0 Å². The van der Waals surface area contributed by atoms with E-state index in [9.17, 15) is 9.90 Å². The summed E-state index contributed by atoms with van der Waals surface area (Å²) >= 11 is 1.62. The van der Waals surface area contributed by atoms with Gasteiger partial charge in [0.2, 0.25) is 5.91 Å². The highest BCUT2D eigenvalue weighted by atomic mass is 32.2. The van der Waals surface area contributed by atoms with Crippen molar-refractivity contribution >= 4 is 17.7 Å². The summed E-state index contributed by atoms with van der Waals surface area (Å²) in [6.07, 6.45) is 1.97. The number of carbonyl (C=O) groups excluding carboxylic acids is 1. The number of amides is 1. The molecule has 1 rings (SSSR count). The van der Waals surface area contributed by atoms with Crippen LogP contribution in [0.3, 0.4) is 0 Å². The van der Waals surface area contributed by atoms with Crippen LogP contribution in [0.2, 0.25) is 0 Å². The highest BCUT2D eigenvalue weighted by Crippen LogP contribution is 2.10. The second-order valence-corrected chi connectivity index (χ2v) is 5.89. The number of thioether (sulfide) groups is 1. The van der Waals surface area contributed by atoms with Crippen molar-refractivity contribution in [3.8, 4) is 0 Å². The Balaban J connectivity index is 2.28. The van der Waals surface area contributed by atoms with Gasteiger partial charge in [-0.15, -0.1) is 0 Å². The Bertz CT molecular complexity index is 254. The van der Waals surface area contributed by atoms with Crippen molar-refractivity contribution in [2.24, 2.45) is 0 Å². The molecular weight excluding hydrogens is 250 g/mol. The van der Waals surface area contributed by atoms with Crippen molar-refractivity contribution < 1.29 is 9.90 Å². The lowest BCUT2D eigenvalue weighted by molar-refractivity contribution is -0.131. The van der Waals surface area contributed by atoms with Gasteiger partial charge in [0.25, 0.3) is 0 Å². The molecule has 18 heavy (non-hydrogen) atoms. The van der Waals surface area contributed by atoms with E-state index in [0.717, 1.165) is 26.2 Å². The maximum absolute atomic E-state index is 12.0. The van der Waals surface area contributed by atoms with Crippen molar-refractivity contribution in [2.75, 3.05) is 52.6 Å². The van der Waals surface area contributed by atoms with E-state index in [1.165, 1.54) is 0 Å². The van der Waals surface area contributed by atoms with Crippen LogP contribution < -0.4 is 5.32 Å². The molecule has 0 aliphatic carbocycles. The molecule has 1 fully saturated rings. The Labute approximate surface area is 114 Å². The molecule has 1 heterocycles. The van der Waals surface area contributed by atoms with Gasteiger partial charge in [0, 0.05) is 37.5 Å². The zero-order valence-corrected chi connectivity index (χ0v) is 12.4. The average Bonchev–Trinajstić information content (AvgIpc) is 2.38. The minimum Gasteiger partial charge on any atom is -0.395 e. The summed E-state index contributed by atoms with van der Waals surface area (Å²) in [4.78, 5) is 16.1. The Morgan fingerprint density at radius 3 is 2.50 bits per heavy atom. The molecule has 106 valence electrons. The molecule has 5 nitrogen and oxygen atoms in total. The first-order chi connectivity index (χ1) is 8.58. The predicted molar refractivity (Wildman–Crippen MR) is 75.9 cm³/mol. The molecule has 2 N–H and O–H groups in total. The summed E-state index contributed by atoms with van der Waals surface area (Å²) in [5.41, 5.74) is 0. The minimum atomic E-state index is 0.137. The molecule has 2 unspecified atom stereocenters. The molecule has 2 atom stereocenters. The average molecular weight is 275 g/mol. The molecular formula is C12H25N3O2S. The van der Waals surface area contributed by atoms with Gasteiger partial charge in [-0.2, -0.15) is 11.8 Å². The highest BCUT2D eigenvalue weighted by molar-refractivity contribution is 7.99. The summed E-state index contributed by atoms with van der Waals surface area (Å²) in [7, 11) is 2.08. The number of aliphatic hydroxyl groups is 1. The molecule has 6 heteroatoms. The molecule has 1 aliphatic heterocycles. The van der Waals surface area contributed by atoms with Gasteiger partial charge in [-0.05, 0) is 20.2 Å². The van der Waals surface area contributed by atoms with E-state index >= 15 is 0 Å². The molecule has 0 radical (unpaired) electrons. The Hall–Kier alpha value is -0.300. The molecule has 0 aromatic rings. The van der Waals surface area contributed by atoms with Crippen LogP contribution in [0.25, 0.3) is 0 Å². The number of likely N-dealkylation sites (N-methyl/N-ethyl adjacent to an activating group) is 1. The molecule has 0 aromatic heterocycles. The van der Waals surface area contributed by atoms with Gasteiger partial charge >= 0.3 is 0 Å². The minimum absolute atomic E-state index is 0.137. The number of hydrogen-bond acceptors (Lipinski definition) is 5. The fourth-order valence-electron chi connectivity index (χ4n) is 1.98. The van der Waals surface area contributed by atoms with Crippen molar-refractivity contribution in [3.05, 3.63) is 0 Å². The third-order valence-electron chi connectivity index (χ3n) is 3.47. The van der Waals surface area contributed by atoms with E-state index in [1.807, 2.05) is 18.1 Å². The highest BCUT2D eigenvalue weighted by Gasteiger charge is 2.20. The molecule has 0 aromatic carbocycles. The van der Waals surface area contributed by atoms with E-state index < -0.39 is 0 Å². The topological polar surface area (TPSA) is 55.8 Å². The summed E-state index contributed by atoms with van der Waals surface area (Å²) in [5, 5.41) is 12.5. The van der Waals surface area contributed by atoms with Crippen LogP contribution in [0.1, 0.15) is 6.92 Å². The Morgan fingerprint density at radius 1 is 1.39 bits per heavy atom. The first kappa shape index (κ1) is 15.8. The third-order valence-corrected chi connectivity index (χ3v) is 4.63. The molecule has 1 amide bonds. The van der Waals surface area contributed by atoms with Crippen LogP contribution in [0, 0.1) is 0 Å². The van der Waals surface area contributed by atoms with Gasteiger partial charge < -0.3 is 20.2 Å². The Morgan fingerprint density at radius 2 is 2.00 bits per heavy atom. The standard InChI is InChI=1S/C12H25N3O2S/c1-10(11(9-16)18-3)13-8-12(17)15-6-4-14(2)5-7-15/h10-11,13,16H,4-9H2,1-3H3. The van der Waals surface area contributed by atoms with Gasteiger partial charge in [-0.3, -0.25) is 4.79 Å². The lowest BCUT2D eigenvalue weighted by Crippen LogP contribution is -2.51. The van der Waals surface area contributed by atoms with Crippen molar-refractivity contribution in [1.29, 1.82) is 0 Å². The van der Waals surface area contributed by atoms with E-state index in [1.54, 1.807) is 11.8 Å². The Kier molecular flexibility index (Phi) is 6.99. The zero-order chi connectivity index (χ0) is 13.5. The number of carbonyl (C=O) groups is 1. The number of hydrogen-bond donors (Lipinski definition) is 2. The van der Waals surface area contributed by atoms with Gasteiger partial charge in [0.05, 0.1) is 13.2 Å². The van der Waals surface area contributed by atoms with E-state index in [2.05, 4.69) is 17.3 Å². The maximum atomic E-state index is 12.0.